The normalized spacial score (nSPS) is 13.4. The number of aromatic nitrogens is 10. The Morgan fingerprint density at radius 2 is 0.795 bits per heavy atom. The van der Waals surface area contributed by atoms with Crippen LogP contribution in [0.15, 0.2) is 12.4 Å². The highest BCUT2D eigenvalue weighted by Crippen LogP contribution is 2.22. The zero-order valence-corrected chi connectivity index (χ0v) is 28.1. The van der Waals surface area contributed by atoms with Crippen molar-refractivity contribution in [3.05, 3.63) is 29.6 Å². The summed E-state index contributed by atoms with van der Waals surface area (Å²) in [6, 6.07) is 0. The monoisotopic (exact) mass is 544 g/mol. The van der Waals surface area contributed by atoms with Gasteiger partial charge in [-0.2, -0.15) is 4.80 Å². The van der Waals surface area contributed by atoms with Crippen molar-refractivity contribution in [2.75, 3.05) is 0 Å². The van der Waals surface area contributed by atoms with Crippen molar-refractivity contribution in [2.45, 2.75) is 157 Å². The number of hydrogen-bond acceptors (Lipinski definition) is 7. The quantitative estimate of drug-likeness (QED) is 0.323. The Kier molecular flexibility index (Phi) is 10.1. The smallest absolute Gasteiger partial charge is 0.180 e. The van der Waals surface area contributed by atoms with Crippen molar-refractivity contribution in [3.63, 3.8) is 0 Å². The molecule has 0 saturated carbocycles. The minimum absolute atomic E-state index is 0.0243. The minimum atomic E-state index is -0.0868. The van der Waals surface area contributed by atoms with Crippen molar-refractivity contribution in [3.8, 4) is 0 Å². The van der Waals surface area contributed by atoms with Crippen LogP contribution < -0.4 is 0 Å². The zero-order valence-electron chi connectivity index (χ0n) is 28.1. The van der Waals surface area contributed by atoms with Gasteiger partial charge in [-0.1, -0.05) is 72.7 Å². The lowest BCUT2D eigenvalue weighted by atomic mass is 9.93. The molecule has 0 aliphatic rings. The number of hydrogen-bond donors (Lipinski definition) is 0. The third-order valence-corrected chi connectivity index (χ3v) is 5.58. The Labute approximate surface area is 237 Å². The molecule has 0 atom stereocenters. The summed E-state index contributed by atoms with van der Waals surface area (Å²) in [7, 11) is 0. The highest BCUT2D eigenvalue weighted by molar-refractivity contribution is 5.08. The summed E-state index contributed by atoms with van der Waals surface area (Å²) in [5.74, 6) is 0.794. The molecule has 0 aromatic carbocycles. The van der Waals surface area contributed by atoms with E-state index in [1.165, 1.54) is 0 Å². The van der Waals surface area contributed by atoms with Crippen LogP contribution in [0, 0.1) is 0 Å². The first-order chi connectivity index (χ1) is 17.1. The lowest BCUT2D eigenvalue weighted by molar-refractivity contribution is 0.303. The molecule has 0 saturated heterocycles. The fourth-order valence-corrected chi connectivity index (χ4v) is 2.67. The second-order valence-corrected chi connectivity index (χ2v) is 16.3. The van der Waals surface area contributed by atoms with Crippen LogP contribution in [-0.4, -0.2) is 50.2 Å². The molecule has 0 spiro atoms. The van der Waals surface area contributed by atoms with E-state index in [2.05, 4.69) is 161 Å². The molecular formula is C29H56N10. The molecule has 0 amide bonds. The third-order valence-electron chi connectivity index (χ3n) is 5.58. The van der Waals surface area contributed by atoms with Gasteiger partial charge in [0.1, 0.15) is 0 Å². The van der Waals surface area contributed by atoms with Gasteiger partial charge in [0, 0.05) is 28.6 Å². The first-order valence-electron chi connectivity index (χ1n) is 13.8. The average molecular weight is 545 g/mol. The van der Waals surface area contributed by atoms with Gasteiger partial charge in [-0.25, -0.2) is 9.36 Å². The predicted molar refractivity (Wildman–Crippen MR) is 159 cm³/mol. The summed E-state index contributed by atoms with van der Waals surface area (Å²) in [4.78, 5) is 1.66. The van der Waals surface area contributed by atoms with Crippen LogP contribution in [0.3, 0.4) is 0 Å². The van der Waals surface area contributed by atoms with Gasteiger partial charge in [0.15, 0.2) is 5.82 Å². The molecule has 0 aliphatic carbocycles. The molecule has 39 heavy (non-hydrogen) atoms. The molecule has 0 unspecified atom stereocenters. The summed E-state index contributed by atoms with van der Waals surface area (Å²) in [6.07, 6.45) is 4.06. The van der Waals surface area contributed by atoms with Crippen LogP contribution in [0.4, 0.5) is 0 Å². The molecular weight excluding hydrogens is 488 g/mol. The molecule has 0 N–H and O–H groups in total. The molecule has 0 aliphatic heterocycles. The molecule has 3 rings (SSSR count). The Bertz CT molecular complexity index is 922. The minimum Gasteiger partial charge on any atom is -0.247 e. The van der Waals surface area contributed by atoms with Crippen LogP contribution in [0.25, 0.3) is 0 Å². The first-order valence-corrected chi connectivity index (χ1v) is 13.8. The molecule has 0 fully saturated rings. The van der Waals surface area contributed by atoms with Crippen LogP contribution >= 0.6 is 0 Å². The van der Waals surface area contributed by atoms with E-state index in [-0.39, 0.29) is 32.9 Å². The zero-order chi connectivity index (χ0) is 30.8. The van der Waals surface area contributed by atoms with Gasteiger partial charge in [-0.3, -0.25) is 0 Å². The maximum absolute atomic E-state index is 4.35. The van der Waals surface area contributed by atoms with E-state index in [0.29, 0.717) is 0 Å². The van der Waals surface area contributed by atoms with E-state index < -0.39 is 0 Å². The van der Waals surface area contributed by atoms with E-state index in [1.807, 2.05) is 21.8 Å². The molecule has 0 radical (unpaired) electrons. The summed E-state index contributed by atoms with van der Waals surface area (Å²) in [5.41, 5.74) is 2.20. The summed E-state index contributed by atoms with van der Waals surface area (Å²) in [5, 5.41) is 29.0. The van der Waals surface area contributed by atoms with E-state index in [0.717, 1.165) is 17.2 Å². The fraction of sp³-hybridized carbons (Fsp3) is 0.828. The lowest BCUT2D eigenvalue weighted by Gasteiger charge is -2.18. The van der Waals surface area contributed by atoms with Gasteiger partial charge in [-0.15, -0.1) is 20.4 Å². The van der Waals surface area contributed by atoms with Crippen molar-refractivity contribution >= 4 is 0 Å². The largest absolute Gasteiger partial charge is 0.247 e. The predicted octanol–water partition coefficient (Wildman–Crippen LogP) is 6.39. The highest BCUT2D eigenvalue weighted by atomic mass is 15.6. The van der Waals surface area contributed by atoms with Gasteiger partial charge in [0.05, 0.1) is 28.0 Å². The molecule has 10 nitrogen and oxygen atoms in total. The van der Waals surface area contributed by atoms with Crippen molar-refractivity contribution in [2.24, 2.45) is 0 Å². The average Bonchev–Trinajstić information content (AvgIpc) is 3.45. The number of nitrogens with zero attached hydrogens (tertiary/aromatic N) is 10. The van der Waals surface area contributed by atoms with Crippen molar-refractivity contribution in [1.29, 1.82) is 0 Å². The maximum atomic E-state index is 4.35. The Hall–Kier alpha value is -2.65. The SMILES string of the molecule is CC(C)(C)c1cn(C(C)(C)C)nn1.CC(C)(C)c1cn(C(C)(C)C)nn1.CC(C)(C)c1nnn(C(C)(C)C)n1. The number of tetrazole rings is 1. The van der Waals surface area contributed by atoms with Crippen LogP contribution in [0.1, 0.15) is 142 Å². The van der Waals surface area contributed by atoms with E-state index >= 15 is 0 Å². The maximum Gasteiger partial charge on any atom is 0.180 e. The van der Waals surface area contributed by atoms with Gasteiger partial charge in [-0.05, 0) is 67.5 Å². The van der Waals surface area contributed by atoms with Gasteiger partial charge >= 0.3 is 0 Å². The third kappa shape index (κ3) is 10.8. The summed E-state index contributed by atoms with van der Waals surface area (Å²) in [6.45, 7) is 38.0. The molecule has 3 aromatic rings. The molecule has 10 heteroatoms. The standard InChI is InChI=1S/2C10H19N3.C9H18N4/c2*1-9(2,3)8-7-13(12-11-8)10(4,5)6;1-8(2,3)7-10-12-13(11-7)9(4,5)6/h2*7H,1-6H3;1-6H3. The first kappa shape index (κ1) is 34.4. The molecule has 222 valence electrons. The van der Waals surface area contributed by atoms with E-state index in [1.54, 1.807) is 4.80 Å². The number of rotatable bonds is 0. The summed E-state index contributed by atoms with van der Waals surface area (Å²) >= 11 is 0. The second kappa shape index (κ2) is 11.5. The van der Waals surface area contributed by atoms with E-state index in [9.17, 15) is 0 Å². The molecule has 3 heterocycles. The van der Waals surface area contributed by atoms with Crippen molar-refractivity contribution < 1.29 is 0 Å². The molecule has 0 bridgehead atoms. The van der Waals surface area contributed by atoms with Gasteiger partial charge in [0.2, 0.25) is 0 Å². The highest BCUT2D eigenvalue weighted by Gasteiger charge is 2.24. The van der Waals surface area contributed by atoms with Crippen LogP contribution in [-0.2, 0) is 32.9 Å². The second-order valence-electron chi connectivity index (χ2n) is 16.3. The lowest BCUT2D eigenvalue weighted by Crippen LogP contribution is -2.25. The fourth-order valence-electron chi connectivity index (χ4n) is 2.67. The summed E-state index contributed by atoms with van der Waals surface area (Å²) < 4.78 is 3.82. The van der Waals surface area contributed by atoms with Gasteiger partial charge < -0.3 is 0 Å². The Morgan fingerprint density at radius 1 is 0.436 bits per heavy atom. The van der Waals surface area contributed by atoms with Crippen LogP contribution in [0.2, 0.25) is 0 Å². The Morgan fingerprint density at radius 3 is 0.949 bits per heavy atom. The van der Waals surface area contributed by atoms with Crippen molar-refractivity contribution in [1.82, 2.24) is 50.2 Å². The van der Waals surface area contributed by atoms with E-state index in [4.69, 9.17) is 0 Å². The Balaban J connectivity index is 0.000000292. The molecule has 3 aromatic heterocycles. The van der Waals surface area contributed by atoms with Gasteiger partial charge in [0.25, 0.3) is 0 Å². The topological polar surface area (TPSA) is 105 Å². The van der Waals surface area contributed by atoms with Crippen LogP contribution in [0.5, 0.6) is 0 Å².